The van der Waals surface area contributed by atoms with Gasteiger partial charge in [-0.3, -0.25) is 4.79 Å². The summed E-state index contributed by atoms with van der Waals surface area (Å²) >= 11 is 0. The zero-order valence-corrected chi connectivity index (χ0v) is 55.2. The third kappa shape index (κ3) is 52.3. The molecule has 1 amide bonds. The predicted octanol–water partition coefficient (Wildman–Crippen LogP) is 20.4. The molecule has 1 rings (SSSR count). The molecule has 1 aliphatic heterocycles. The third-order valence-corrected chi connectivity index (χ3v) is 18.0. The lowest BCUT2D eigenvalue weighted by Gasteiger charge is -2.40. The number of ether oxygens (including phenoxy) is 2. The van der Waals surface area contributed by atoms with Gasteiger partial charge in [0.05, 0.1) is 25.4 Å². The number of rotatable bonds is 66. The molecule has 7 unspecified atom stereocenters. The number of carbonyl (C=O) groups excluding carboxylic acids is 1. The predicted molar refractivity (Wildman–Crippen MR) is 355 cm³/mol. The summed E-state index contributed by atoms with van der Waals surface area (Å²) in [5.41, 5.74) is 0. The van der Waals surface area contributed by atoms with Crippen molar-refractivity contribution in [2.75, 3.05) is 13.2 Å². The molecule has 0 aliphatic carbocycles. The van der Waals surface area contributed by atoms with Crippen molar-refractivity contribution in [3.8, 4) is 0 Å². The fourth-order valence-corrected chi connectivity index (χ4v) is 12.2. The van der Waals surface area contributed by atoms with Crippen molar-refractivity contribution in [1.29, 1.82) is 0 Å². The molecule has 1 aliphatic rings. The lowest BCUT2D eigenvalue weighted by Crippen LogP contribution is -2.60. The first-order chi connectivity index (χ1) is 40.8. The molecular weight excluding hydrogens is 1030 g/mol. The Labute approximate surface area is 515 Å². The minimum atomic E-state index is -1.57. The smallest absolute Gasteiger partial charge is 0.220 e. The van der Waals surface area contributed by atoms with E-state index in [1.54, 1.807) is 6.08 Å². The number of hydrogen-bond acceptors (Lipinski definition) is 8. The fraction of sp³-hybridized carbons (Fsp3) is 0.932. The summed E-state index contributed by atoms with van der Waals surface area (Å²) in [5, 5.41) is 54.7. The van der Waals surface area contributed by atoms with Gasteiger partial charge < -0.3 is 40.3 Å². The highest BCUT2D eigenvalue weighted by atomic mass is 16.7. The standard InChI is InChI=1S/C74H143NO8/c1-3-5-7-9-11-13-15-17-19-21-23-25-26-27-28-29-30-31-32-33-34-35-36-37-38-39-40-41-42-43-44-46-48-50-52-54-56-58-60-62-64-70(78)75-67(66-82-74-73(81)72(80)71(79)69(65-76)83-74)68(77)63-61-59-57-55-53-51-49-47-45-24-22-20-18-16-14-12-10-8-6-4-2/h53,55,61,63,67-69,71-74,76-77,79-81H,3-52,54,56-60,62,64-66H2,1-2H3,(H,75,78)/b55-53+,63-61+. The molecule has 0 aromatic heterocycles. The Kier molecular flexibility index (Phi) is 61.1. The molecule has 0 saturated carbocycles. The molecular formula is C74H143NO8. The van der Waals surface area contributed by atoms with Crippen LogP contribution in [0.25, 0.3) is 0 Å². The number of allylic oxidation sites excluding steroid dienone is 3. The van der Waals surface area contributed by atoms with Gasteiger partial charge in [-0.2, -0.15) is 0 Å². The lowest BCUT2D eigenvalue weighted by atomic mass is 9.99. The van der Waals surface area contributed by atoms with Gasteiger partial charge in [0.25, 0.3) is 0 Å². The van der Waals surface area contributed by atoms with Crippen molar-refractivity contribution in [2.24, 2.45) is 0 Å². The summed E-state index contributed by atoms with van der Waals surface area (Å²) in [5.74, 6) is -0.178. The van der Waals surface area contributed by atoms with Crippen molar-refractivity contribution < 1.29 is 39.8 Å². The van der Waals surface area contributed by atoms with Gasteiger partial charge in [-0.25, -0.2) is 0 Å². The first-order valence-corrected chi connectivity index (χ1v) is 37.1. The largest absolute Gasteiger partial charge is 0.394 e. The van der Waals surface area contributed by atoms with Crippen LogP contribution in [-0.4, -0.2) is 87.5 Å². The monoisotopic (exact) mass is 1170 g/mol. The summed E-state index contributed by atoms with van der Waals surface area (Å²) in [7, 11) is 0. The van der Waals surface area contributed by atoms with Gasteiger partial charge in [-0.1, -0.05) is 372 Å². The molecule has 9 heteroatoms. The fourth-order valence-electron chi connectivity index (χ4n) is 12.2. The number of unbranched alkanes of at least 4 members (excludes halogenated alkanes) is 54. The van der Waals surface area contributed by atoms with Crippen LogP contribution in [0.3, 0.4) is 0 Å². The minimum absolute atomic E-state index is 0.178. The molecule has 0 radical (unpaired) electrons. The second-order valence-corrected chi connectivity index (χ2v) is 26.1. The maximum Gasteiger partial charge on any atom is 0.220 e. The molecule has 6 N–H and O–H groups in total. The van der Waals surface area contributed by atoms with Crippen LogP contribution >= 0.6 is 0 Å². The number of hydrogen-bond donors (Lipinski definition) is 6. The van der Waals surface area contributed by atoms with E-state index in [0.717, 1.165) is 38.5 Å². The van der Waals surface area contributed by atoms with Crippen molar-refractivity contribution in [3.63, 3.8) is 0 Å². The van der Waals surface area contributed by atoms with Crippen LogP contribution in [0.2, 0.25) is 0 Å². The van der Waals surface area contributed by atoms with Gasteiger partial charge in [0.1, 0.15) is 24.4 Å². The lowest BCUT2D eigenvalue weighted by molar-refractivity contribution is -0.302. The number of carbonyl (C=O) groups is 1. The highest BCUT2D eigenvalue weighted by Gasteiger charge is 2.44. The highest BCUT2D eigenvalue weighted by Crippen LogP contribution is 2.24. The molecule has 0 spiro atoms. The van der Waals surface area contributed by atoms with E-state index in [-0.39, 0.29) is 12.5 Å². The normalized spacial score (nSPS) is 18.3. The van der Waals surface area contributed by atoms with E-state index in [4.69, 9.17) is 9.47 Å². The van der Waals surface area contributed by atoms with E-state index in [0.29, 0.717) is 6.42 Å². The van der Waals surface area contributed by atoms with E-state index in [1.807, 2.05) is 6.08 Å². The Morgan fingerprint density at radius 2 is 0.687 bits per heavy atom. The van der Waals surface area contributed by atoms with Gasteiger partial charge in [-0.05, 0) is 32.1 Å². The Morgan fingerprint density at radius 1 is 0.398 bits per heavy atom. The highest BCUT2D eigenvalue weighted by molar-refractivity contribution is 5.76. The molecule has 492 valence electrons. The molecule has 0 aromatic carbocycles. The Hall–Kier alpha value is -1.33. The zero-order valence-electron chi connectivity index (χ0n) is 55.2. The molecule has 9 nitrogen and oxygen atoms in total. The number of amides is 1. The van der Waals surface area contributed by atoms with Crippen LogP contribution in [0.5, 0.6) is 0 Å². The topological polar surface area (TPSA) is 149 Å². The number of aliphatic hydroxyl groups is 5. The van der Waals surface area contributed by atoms with Crippen LogP contribution in [0, 0.1) is 0 Å². The Morgan fingerprint density at radius 3 is 1.01 bits per heavy atom. The van der Waals surface area contributed by atoms with Crippen LogP contribution in [-0.2, 0) is 14.3 Å². The molecule has 1 saturated heterocycles. The molecule has 1 fully saturated rings. The van der Waals surface area contributed by atoms with E-state index >= 15 is 0 Å². The zero-order chi connectivity index (χ0) is 60.0. The number of nitrogens with one attached hydrogen (secondary N) is 1. The summed E-state index contributed by atoms with van der Waals surface area (Å²) in [4.78, 5) is 13.1. The van der Waals surface area contributed by atoms with Gasteiger partial charge in [0.15, 0.2) is 6.29 Å². The van der Waals surface area contributed by atoms with Gasteiger partial charge in [-0.15, -0.1) is 0 Å². The quantitative estimate of drug-likeness (QED) is 0.0261. The summed E-state index contributed by atoms with van der Waals surface area (Å²) in [6.45, 7) is 3.82. The van der Waals surface area contributed by atoms with Crippen molar-refractivity contribution in [1.82, 2.24) is 5.32 Å². The molecule has 1 heterocycles. The van der Waals surface area contributed by atoms with Crippen LogP contribution < -0.4 is 5.32 Å². The average Bonchev–Trinajstić information content (AvgIpc) is 3.50. The van der Waals surface area contributed by atoms with Crippen molar-refractivity contribution in [3.05, 3.63) is 24.3 Å². The maximum atomic E-state index is 13.1. The SMILES string of the molecule is CCCCCCCCCCCCCCCC/C=C/CC/C=C/C(O)C(COC1OC(CO)C(O)C(O)C1O)NC(=O)CCCCCCCCCCCCCCCCCCCCCCCCCCCCCCCCCCCCCCCCCC. The molecule has 83 heavy (non-hydrogen) atoms. The van der Waals surface area contributed by atoms with Gasteiger partial charge in [0.2, 0.25) is 5.91 Å². The minimum Gasteiger partial charge on any atom is -0.394 e. The van der Waals surface area contributed by atoms with E-state index in [1.165, 1.54) is 327 Å². The summed E-state index contributed by atoms with van der Waals surface area (Å²) < 4.78 is 11.3. The number of aliphatic hydroxyl groups excluding tert-OH is 5. The van der Waals surface area contributed by atoms with Crippen LogP contribution in [0.15, 0.2) is 24.3 Å². The molecule has 0 aromatic rings. The van der Waals surface area contributed by atoms with Gasteiger partial charge >= 0.3 is 0 Å². The summed E-state index contributed by atoms with van der Waals surface area (Å²) in [6.07, 6.45) is 77.6. The second kappa shape index (κ2) is 63.7. The van der Waals surface area contributed by atoms with Crippen LogP contribution in [0.1, 0.15) is 386 Å². The van der Waals surface area contributed by atoms with Gasteiger partial charge in [0, 0.05) is 6.42 Å². The Bertz CT molecular complexity index is 1360. The first kappa shape index (κ1) is 79.7. The van der Waals surface area contributed by atoms with Crippen LogP contribution in [0.4, 0.5) is 0 Å². The second-order valence-electron chi connectivity index (χ2n) is 26.1. The third-order valence-electron chi connectivity index (χ3n) is 18.0. The Balaban J connectivity index is 2.04. The van der Waals surface area contributed by atoms with E-state index < -0.39 is 49.5 Å². The van der Waals surface area contributed by atoms with E-state index in [9.17, 15) is 30.3 Å². The maximum absolute atomic E-state index is 13.1. The van der Waals surface area contributed by atoms with E-state index in [2.05, 4.69) is 31.3 Å². The average molecular weight is 1170 g/mol. The van der Waals surface area contributed by atoms with Crippen molar-refractivity contribution in [2.45, 2.75) is 429 Å². The van der Waals surface area contributed by atoms with Crippen molar-refractivity contribution >= 4 is 5.91 Å². The summed E-state index contributed by atoms with van der Waals surface area (Å²) in [6, 6.07) is -0.820. The molecule has 0 bridgehead atoms. The molecule has 7 atom stereocenters. The first-order valence-electron chi connectivity index (χ1n) is 37.1.